The van der Waals surface area contributed by atoms with Crippen LogP contribution >= 0.6 is 0 Å². The number of allylic oxidation sites excluding steroid dienone is 22. The lowest BCUT2D eigenvalue weighted by Gasteiger charge is -2.18. The first kappa shape index (κ1) is 72.5. The van der Waals surface area contributed by atoms with E-state index in [1.165, 1.54) is 83.5 Å². The second-order valence-electron chi connectivity index (χ2n) is 20.6. The molecule has 0 N–H and O–H groups in total. The van der Waals surface area contributed by atoms with E-state index in [2.05, 4.69) is 154 Å². The number of unbranched alkanes of at least 4 members (excludes halogenated alkanes) is 23. The zero-order valence-corrected chi connectivity index (χ0v) is 49.9. The summed E-state index contributed by atoms with van der Waals surface area (Å²) in [6, 6.07) is 0. The Bertz CT molecular complexity index is 1650. The summed E-state index contributed by atoms with van der Waals surface area (Å²) < 4.78 is 16.9. The number of hydrogen-bond donors (Lipinski definition) is 0. The maximum Gasteiger partial charge on any atom is 0.306 e. The summed E-state index contributed by atoms with van der Waals surface area (Å²) in [6.45, 7) is 6.43. The van der Waals surface area contributed by atoms with Gasteiger partial charge in [-0.1, -0.05) is 276 Å². The van der Waals surface area contributed by atoms with Gasteiger partial charge in [0.1, 0.15) is 13.2 Å². The molecule has 0 amide bonds. The summed E-state index contributed by atoms with van der Waals surface area (Å²) in [5.41, 5.74) is 0. The Hall–Kier alpha value is -4.45. The predicted molar refractivity (Wildman–Crippen MR) is 334 cm³/mol. The molecule has 0 rings (SSSR count). The third-order valence-electron chi connectivity index (χ3n) is 13.1. The highest BCUT2D eigenvalue weighted by Gasteiger charge is 2.19. The molecule has 1 unspecified atom stereocenters. The van der Waals surface area contributed by atoms with Crippen LogP contribution in [-0.2, 0) is 28.6 Å². The Balaban J connectivity index is 4.37. The molecule has 0 aromatic heterocycles. The third kappa shape index (κ3) is 62.3. The summed E-state index contributed by atoms with van der Waals surface area (Å²) in [7, 11) is 0. The van der Waals surface area contributed by atoms with E-state index in [1.807, 2.05) is 0 Å². The van der Waals surface area contributed by atoms with Gasteiger partial charge in [0.15, 0.2) is 6.10 Å². The van der Waals surface area contributed by atoms with Crippen LogP contribution < -0.4 is 0 Å². The summed E-state index contributed by atoms with van der Waals surface area (Å²) in [5, 5.41) is 0. The van der Waals surface area contributed by atoms with Crippen molar-refractivity contribution < 1.29 is 28.6 Å². The van der Waals surface area contributed by atoms with Crippen LogP contribution in [0.1, 0.15) is 278 Å². The van der Waals surface area contributed by atoms with Gasteiger partial charge in [-0.2, -0.15) is 0 Å². The lowest BCUT2D eigenvalue weighted by molar-refractivity contribution is -0.167. The van der Waals surface area contributed by atoms with Gasteiger partial charge in [-0.05, 0) is 116 Å². The number of esters is 3. The van der Waals surface area contributed by atoms with Gasteiger partial charge in [0.2, 0.25) is 0 Å². The predicted octanol–water partition coefficient (Wildman–Crippen LogP) is 21.8. The maximum atomic E-state index is 12.9. The first-order chi connectivity index (χ1) is 38.0. The van der Waals surface area contributed by atoms with Gasteiger partial charge in [-0.3, -0.25) is 14.4 Å². The molecule has 0 aromatic rings. The number of carbonyl (C=O) groups is 3. The van der Waals surface area contributed by atoms with Crippen molar-refractivity contribution in [1.82, 2.24) is 0 Å². The van der Waals surface area contributed by atoms with E-state index in [0.29, 0.717) is 19.3 Å². The molecule has 0 fully saturated rings. The second-order valence-corrected chi connectivity index (χ2v) is 20.6. The van der Waals surface area contributed by atoms with Gasteiger partial charge in [-0.15, -0.1) is 0 Å². The van der Waals surface area contributed by atoms with Crippen LogP contribution in [0.25, 0.3) is 0 Å². The second kappa shape index (κ2) is 64.1. The summed E-state index contributed by atoms with van der Waals surface area (Å²) in [4.78, 5) is 38.2. The highest BCUT2D eigenvalue weighted by atomic mass is 16.6. The van der Waals surface area contributed by atoms with Crippen molar-refractivity contribution in [3.63, 3.8) is 0 Å². The van der Waals surface area contributed by atoms with Crippen molar-refractivity contribution in [1.29, 1.82) is 0 Å². The Morgan fingerprint density at radius 1 is 0.273 bits per heavy atom. The molecule has 77 heavy (non-hydrogen) atoms. The van der Waals surface area contributed by atoms with Crippen LogP contribution in [-0.4, -0.2) is 37.2 Å². The number of rotatable bonds is 56. The van der Waals surface area contributed by atoms with E-state index in [0.717, 1.165) is 154 Å². The first-order valence-corrected chi connectivity index (χ1v) is 31.7. The fourth-order valence-corrected chi connectivity index (χ4v) is 8.41. The SMILES string of the molecule is CC/C=C\C/C=C\C/C=C\C/C=C\C/C=C\C/C=C\C/C=C\C/C=C\C/C=C\CCCCCC(=O)OCC(COC(=O)CCCCCCC/C=C\C/C=C\CCC)OC(=O)CCCCCCCCCCCCCCCCC. The topological polar surface area (TPSA) is 78.9 Å². The van der Waals surface area contributed by atoms with Crippen LogP contribution in [0, 0.1) is 0 Å². The van der Waals surface area contributed by atoms with E-state index in [4.69, 9.17) is 14.2 Å². The molecule has 0 aliphatic heterocycles. The minimum absolute atomic E-state index is 0.0973. The van der Waals surface area contributed by atoms with Crippen LogP contribution in [0.3, 0.4) is 0 Å². The van der Waals surface area contributed by atoms with E-state index >= 15 is 0 Å². The van der Waals surface area contributed by atoms with Crippen molar-refractivity contribution in [3.8, 4) is 0 Å². The minimum Gasteiger partial charge on any atom is -0.462 e. The monoisotopic (exact) mass is 1060 g/mol. The van der Waals surface area contributed by atoms with Crippen molar-refractivity contribution in [3.05, 3.63) is 134 Å². The third-order valence-corrected chi connectivity index (χ3v) is 13.1. The molecule has 436 valence electrons. The molecule has 6 nitrogen and oxygen atoms in total. The number of hydrogen-bond acceptors (Lipinski definition) is 6. The zero-order chi connectivity index (χ0) is 55.7. The molecule has 0 aliphatic rings. The van der Waals surface area contributed by atoms with Gasteiger partial charge >= 0.3 is 17.9 Å². The minimum atomic E-state index is -0.800. The summed E-state index contributed by atoms with van der Waals surface area (Å²) in [6.07, 6.45) is 90.3. The van der Waals surface area contributed by atoms with E-state index < -0.39 is 6.10 Å². The van der Waals surface area contributed by atoms with Gasteiger partial charge < -0.3 is 14.2 Å². The highest BCUT2D eigenvalue weighted by molar-refractivity contribution is 5.71. The van der Waals surface area contributed by atoms with Crippen LogP contribution in [0.15, 0.2) is 134 Å². The molecule has 0 saturated carbocycles. The van der Waals surface area contributed by atoms with E-state index in [-0.39, 0.29) is 31.1 Å². The maximum absolute atomic E-state index is 12.9. The average Bonchev–Trinajstić information content (AvgIpc) is 3.43. The lowest BCUT2D eigenvalue weighted by atomic mass is 10.0. The van der Waals surface area contributed by atoms with E-state index in [1.54, 1.807) is 0 Å². The van der Waals surface area contributed by atoms with Crippen molar-refractivity contribution >= 4 is 17.9 Å². The zero-order valence-electron chi connectivity index (χ0n) is 49.9. The number of carbonyl (C=O) groups excluding carboxylic acids is 3. The van der Waals surface area contributed by atoms with Gasteiger partial charge in [0.25, 0.3) is 0 Å². The Labute approximate surface area is 475 Å². The molecule has 1 atom stereocenters. The molecule has 0 radical (unpaired) electrons. The molecular weight excluding hydrogens is 949 g/mol. The largest absolute Gasteiger partial charge is 0.462 e. The Morgan fingerprint density at radius 2 is 0.532 bits per heavy atom. The Kier molecular flexibility index (Phi) is 60.4. The fraction of sp³-hybridized carbons (Fsp3) is 0.648. The summed E-state index contributed by atoms with van der Waals surface area (Å²) >= 11 is 0. The molecule has 0 saturated heterocycles. The molecule has 0 aliphatic carbocycles. The van der Waals surface area contributed by atoms with Crippen LogP contribution in [0.5, 0.6) is 0 Å². The average molecular weight is 1070 g/mol. The van der Waals surface area contributed by atoms with Crippen molar-refractivity contribution in [2.75, 3.05) is 13.2 Å². The highest BCUT2D eigenvalue weighted by Crippen LogP contribution is 2.15. The quantitative estimate of drug-likeness (QED) is 0.0261. The van der Waals surface area contributed by atoms with Crippen LogP contribution in [0.2, 0.25) is 0 Å². The first-order valence-electron chi connectivity index (χ1n) is 31.7. The normalized spacial score (nSPS) is 13.0. The molecule has 0 bridgehead atoms. The molecule has 6 heteroatoms. The smallest absolute Gasteiger partial charge is 0.306 e. The number of ether oxygens (including phenoxy) is 3. The lowest BCUT2D eigenvalue weighted by Crippen LogP contribution is -2.30. The molecular formula is C71H116O6. The fourth-order valence-electron chi connectivity index (χ4n) is 8.41. The van der Waals surface area contributed by atoms with Crippen LogP contribution in [0.4, 0.5) is 0 Å². The van der Waals surface area contributed by atoms with Gasteiger partial charge in [-0.25, -0.2) is 0 Å². The van der Waals surface area contributed by atoms with Crippen molar-refractivity contribution in [2.24, 2.45) is 0 Å². The molecule has 0 aromatic carbocycles. The standard InChI is InChI=1S/C71H116O6/c1-4-7-10-13-16-19-22-25-27-28-29-30-31-32-33-34-35-36-37-38-39-40-41-42-44-46-49-52-55-58-61-64-70(73)76-67-68(66-75-69(72)63-60-57-54-51-48-45-24-21-18-15-12-9-6-3)77-71(74)65-62-59-56-53-50-47-43-26-23-20-17-14-11-8-5-2/h7,10,12,15-16,19,21,24-25,27,29-30,32-33,35-36,38-39,41-42,46,49,68H,4-6,8-9,11,13-14,17-18,20,22-23,26,28,31,34,37,40,43-45,47-48,50-67H2,1-3H3/b10-7-,15-12-,19-16-,24-21-,27-25-,30-29-,33-32-,36-35-,39-38-,42-41-,49-46-. The molecule has 0 spiro atoms. The summed E-state index contributed by atoms with van der Waals surface area (Å²) in [5.74, 6) is -0.941. The van der Waals surface area contributed by atoms with Gasteiger partial charge in [0, 0.05) is 19.3 Å². The Morgan fingerprint density at radius 3 is 0.857 bits per heavy atom. The molecule has 0 heterocycles. The van der Waals surface area contributed by atoms with E-state index in [9.17, 15) is 14.4 Å². The van der Waals surface area contributed by atoms with Gasteiger partial charge in [0.05, 0.1) is 0 Å². The van der Waals surface area contributed by atoms with Crippen molar-refractivity contribution in [2.45, 2.75) is 284 Å².